The Bertz CT molecular complexity index is 482. The SMILES string of the molecule is Cc1cn([C@H]2C=CCC2)c(=O)[nH]c1=O. The zero-order chi connectivity index (χ0) is 10.1. The first kappa shape index (κ1) is 8.99. The summed E-state index contributed by atoms with van der Waals surface area (Å²) in [5.41, 5.74) is -0.0460. The third-order valence-electron chi connectivity index (χ3n) is 2.49. The van der Waals surface area contributed by atoms with E-state index >= 15 is 0 Å². The van der Waals surface area contributed by atoms with Crippen LogP contribution in [0.15, 0.2) is 27.9 Å². The topological polar surface area (TPSA) is 54.9 Å². The lowest BCUT2D eigenvalue weighted by molar-refractivity contribution is 0.553. The summed E-state index contributed by atoms with van der Waals surface area (Å²) in [6.07, 6.45) is 7.61. The maximum atomic E-state index is 11.5. The Balaban J connectivity index is 2.53. The highest BCUT2D eigenvalue weighted by Crippen LogP contribution is 2.20. The van der Waals surface area contributed by atoms with Crippen LogP contribution in [0.2, 0.25) is 0 Å². The van der Waals surface area contributed by atoms with E-state index in [1.807, 2.05) is 6.08 Å². The Morgan fingerprint density at radius 2 is 2.29 bits per heavy atom. The second-order valence-electron chi connectivity index (χ2n) is 3.55. The summed E-state index contributed by atoms with van der Waals surface area (Å²) in [7, 11) is 0. The number of allylic oxidation sites excluding steroid dienone is 2. The molecule has 0 amide bonds. The fourth-order valence-corrected chi connectivity index (χ4v) is 1.68. The summed E-state index contributed by atoms with van der Waals surface area (Å²) >= 11 is 0. The zero-order valence-electron chi connectivity index (χ0n) is 7.99. The molecule has 4 heteroatoms. The van der Waals surface area contributed by atoms with E-state index in [4.69, 9.17) is 0 Å². The predicted molar refractivity (Wildman–Crippen MR) is 53.5 cm³/mol. The molecular weight excluding hydrogens is 180 g/mol. The van der Waals surface area contributed by atoms with Crippen molar-refractivity contribution in [1.82, 2.24) is 9.55 Å². The van der Waals surface area contributed by atoms with Crippen molar-refractivity contribution in [3.63, 3.8) is 0 Å². The van der Waals surface area contributed by atoms with Gasteiger partial charge in [-0.15, -0.1) is 0 Å². The number of rotatable bonds is 1. The van der Waals surface area contributed by atoms with E-state index in [2.05, 4.69) is 11.1 Å². The normalized spacial score (nSPS) is 20.2. The number of hydrogen-bond donors (Lipinski definition) is 1. The van der Waals surface area contributed by atoms with E-state index in [9.17, 15) is 9.59 Å². The van der Waals surface area contributed by atoms with Crippen LogP contribution < -0.4 is 11.2 Å². The molecule has 1 aromatic heterocycles. The molecule has 14 heavy (non-hydrogen) atoms. The molecule has 1 N–H and O–H groups in total. The van der Waals surface area contributed by atoms with Gasteiger partial charge in [0.15, 0.2) is 0 Å². The van der Waals surface area contributed by atoms with E-state index in [0.717, 1.165) is 12.8 Å². The van der Waals surface area contributed by atoms with Crippen LogP contribution in [0.4, 0.5) is 0 Å². The van der Waals surface area contributed by atoms with Gasteiger partial charge in [-0.3, -0.25) is 14.3 Å². The molecule has 0 fully saturated rings. The molecule has 1 aliphatic rings. The molecule has 0 radical (unpaired) electrons. The zero-order valence-corrected chi connectivity index (χ0v) is 7.99. The highest BCUT2D eigenvalue weighted by molar-refractivity contribution is 5.06. The first-order chi connectivity index (χ1) is 6.68. The molecular formula is C10H12N2O2. The smallest absolute Gasteiger partial charge is 0.293 e. The summed E-state index contributed by atoms with van der Waals surface area (Å²) in [4.78, 5) is 24.9. The average Bonchev–Trinajstić information content (AvgIpc) is 2.64. The van der Waals surface area contributed by atoms with Crippen LogP contribution in [0.3, 0.4) is 0 Å². The summed E-state index contributed by atoms with van der Waals surface area (Å²) in [5.74, 6) is 0. The fraction of sp³-hybridized carbons (Fsp3) is 0.400. The van der Waals surface area contributed by atoms with Crippen LogP contribution in [-0.2, 0) is 0 Å². The lowest BCUT2D eigenvalue weighted by Crippen LogP contribution is -2.32. The lowest BCUT2D eigenvalue weighted by atomic mass is 10.2. The number of hydrogen-bond acceptors (Lipinski definition) is 2. The highest BCUT2D eigenvalue weighted by Gasteiger charge is 2.13. The third kappa shape index (κ3) is 1.43. The van der Waals surface area contributed by atoms with Gasteiger partial charge in [-0.1, -0.05) is 12.2 Å². The Hall–Kier alpha value is -1.58. The fourth-order valence-electron chi connectivity index (χ4n) is 1.68. The van der Waals surface area contributed by atoms with Crippen LogP contribution in [0, 0.1) is 6.92 Å². The quantitative estimate of drug-likeness (QED) is 0.667. The first-order valence-corrected chi connectivity index (χ1v) is 4.67. The maximum absolute atomic E-state index is 11.5. The minimum atomic E-state index is -0.322. The van der Waals surface area contributed by atoms with Crippen molar-refractivity contribution in [2.75, 3.05) is 0 Å². The lowest BCUT2D eigenvalue weighted by Gasteiger charge is -2.11. The molecule has 4 nitrogen and oxygen atoms in total. The van der Waals surface area contributed by atoms with Gasteiger partial charge in [0.2, 0.25) is 0 Å². The van der Waals surface area contributed by atoms with Gasteiger partial charge in [0.1, 0.15) is 0 Å². The number of nitrogens with zero attached hydrogens (tertiary/aromatic N) is 1. The summed E-state index contributed by atoms with van der Waals surface area (Å²) in [5, 5.41) is 0. The van der Waals surface area contributed by atoms with Gasteiger partial charge >= 0.3 is 5.69 Å². The molecule has 1 aliphatic carbocycles. The van der Waals surface area contributed by atoms with Crippen molar-refractivity contribution in [2.45, 2.75) is 25.8 Å². The number of H-pyrrole nitrogens is 1. The first-order valence-electron chi connectivity index (χ1n) is 4.67. The van der Waals surface area contributed by atoms with Crippen molar-refractivity contribution in [3.05, 3.63) is 44.8 Å². The second-order valence-corrected chi connectivity index (χ2v) is 3.55. The second kappa shape index (κ2) is 3.29. The maximum Gasteiger partial charge on any atom is 0.328 e. The molecule has 0 unspecified atom stereocenters. The molecule has 0 aliphatic heterocycles. The molecule has 2 rings (SSSR count). The van der Waals surface area contributed by atoms with Crippen LogP contribution in [0.1, 0.15) is 24.4 Å². The minimum Gasteiger partial charge on any atom is -0.293 e. The highest BCUT2D eigenvalue weighted by atomic mass is 16.2. The summed E-state index contributed by atoms with van der Waals surface area (Å²) < 4.78 is 1.58. The van der Waals surface area contributed by atoms with Crippen molar-refractivity contribution >= 4 is 0 Å². The van der Waals surface area contributed by atoms with E-state index in [0.29, 0.717) is 5.56 Å². The summed E-state index contributed by atoms with van der Waals surface area (Å²) in [6, 6.07) is 0.109. The van der Waals surface area contributed by atoms with E-state index in [1.54, 1.807) is 17.7 Å². The van der Waals surface area contributed by atoms with Crippen molar-refractivity contribution in [3.8, 4) is 0 Å². The third-order valence-corrected chi connectivity index (χ3v) is 2.49. The molecule has 1 atom stereocenters. The number of aryl methyl sites for hydroxylation is 1. The largest absolute Gasteiger partial charge is 0.328 e. The van der Waals surface area contributed by atoms with Gasteiger partial charge in [-0.05, 0) is 19.8 Å². The molecule has 0 spiro atoms. The average molecular weight is 192 g/mol. The number of nitrogens with one attached hydrogen (secondary N) is 1. The molecule has 0 saturated carbocycles. The monoisotopic (exact) mass is 192 g/mol. The Labute approximate surface area is 80.9 Å². The van der Waals surface area contributed by atoms with Crippen molar-refractivity contribution in [1.29, 1.82) is 0 Å². The van der Waals surface area contributed by atoms with Crippen molar-refractivity contribution in [2.24, 2.45) is 0 Å². The standard InChI is InChI=1S/C10H12N2O2/c1-7-6-12(8-4-2-3-5-8)10(14)11-9(7)13/h2,4,6,8H,3,5H2,1H3,(H,11,13,14)/t8-/m0/s1. The van der Waals surface area contributed by atoms with Crippen LogP contribution in [0.5, 0.6) is 0 Å². The van der Waals surface area contributed by atoms with Crippen LogP contribution in [0.25, 0.3) is 0 Å². The number of aromatic amines is 1. The minimum absolute atomic E-state index is 0.109. The van der Waals surface area contributed by atoms with Gasteiger partial charge in [-0.25, -0.2) is 4.79 Å². The molecule has 1 aromatic rings. The van der Waals surface area contributed by atoms with Gasteiger partial charge in [0.25, 0.3) is 5.56 Å². The Morgan fingerprint density at radius 1 is 1.50 bits per heavy atom. The number of aromatic nitrogens is 2. The summed E-state index contributed by atoms with van der Waals surface area (Å²) in [6.45, 7) is 1.70. The van der Waals surface area contributed by atoms with Crippen LogP contribution in [-0.4, -0.2) is 9.55 Å². The molecule has 0 bridgehead atoms. The Kier molecular flexibility index (Phi) is 2.11. The molecule has 1 heterocycles. The molecule has 74 valence electrons. The van der Waals surface area contributed by atoms with E-state index < -0.39 is 0 Å². The van der Waals surface area contributed by atoms with Crippen LogP contribution >= 0.6 is 0 Å². The van der Waals surface area contributed by atoms with Gasteiger partial charge in [0, 0.05) is 11.8 Å². The van der Waals surface area contributed by atoms with Gasteiger partial charge in [0.05, 0.1) is 6.04 Å². The Morgan fingerprint density at radius 3 is 2.93 bits per heavy atom. The van der Waals surface area contributed by atoms with Crippen molar-refractivity contribution < 1.29 is 0 Å². The van der Waals surface area contributed by atoms with E-state index in [1.165, 1.54) is 0 Å². The van der Waals surface area contributed by atoms with E-state index in [-0.39, 0.29) is 17.3 Å². The van der Waals surface area contributed by atoms with Gasteiger partial charge < -0.3 is 0 Å². The molecule has 0 saturated heterocycles. The predicted octanol–water partition coefficient (Wildman–Crippen LogP) is 0.736. The van der Waals surface area contributed by atoms with Gasteiger partial charge in [-0.2, -0.15) is 0 Å². The molecule has 0 aromatic carbocycles.